The van der Waals surface area contributed by atoms with E-state index in [1.165, 1.54) is 6.92 Å². The van der Waals surface area contributed by atoms with Gasteiger partial charge >= 0.3 is 12.1 Å². The maximum absolute atomic E-state index is 12.4. The van der Waals surface area contributed by atoms with Crippen molar-refractivity contribution in [2.45, 2.75) is 44.6 Å². The van der Waals surface area contributed by atoms with Gasteiger partial charge in [0.25, 0.3) is 0 Å². The van der Waals surface area contributed by atoms with Gasteiger partial charge in [-0.05, 0) is 18.9 Å². The largest absolute Gasteiger partial charge is 0.467 e. The third kappa shape index (κ3) is 8.04. The first kappa shape index (κ1) is 22.9. The molecule has 3 atom stereocenters. The minimum Gasteiger partial charge on any atom is -0.467 e. The second kappa shape index (κ2) is 11.5. The molecular formula is C18H25N3O7. The van der Waals surface area contributed by atoms with Gasteiger partial charge in [0.1, 0.15) is 12.6 Å². The number of methoxy groups -OCH3 is 1. The summed E-state index contributed by atoms with van der Waals surface area (Å²) in [6, 6.07) is 6.35. The van der Waals surface area contributed by atoms with Crippen molar-refractivity contribution in [1.82, 2.24) is 10.6 Å². The summed E-state index contributed by atoms with van der Waals surface area (Å²) in [4.78, 5) is 47.2. The number of aliphatic hydroxyl groups is 1. The number of carbonyl (C=O) groups excluding carboxylic acids is 4. The van der Waals surface area contributed by atoms with Crippen molar-refractivity contribution in [1.29, 1.82) is 0 Å². The van der Waals surface area contributed by atoms with Gasteiger partial charge in [-0.3, -0.25) is 9.59 Å². The van der Waals surface area contributed by atoms with E-state index in [4.69, 9.17) is 10.5 Å². The molecule has 154 valence electrons. The highest BCUT2D eigenvalue weighted by Crippen LogP contribution is 2.04. The molecule has 0 heterocycles. The molecule has 10 nitrogen and oxygen atoms in total. The number of hydrogen-bond donors (Lipinski definition) is 4. The smallest absolute Gasteiger partial charge is 0.408 e. The lowest BCUT2D eigenvalue weighted by molar-refractivity contribution is -0.148. The zero-order valence-corrected chi connectivity index (χ0v) is 15.7. The number of alkyl carbamates (subject to hydrolysis) is 1. The Morgan fingerprint density at radius 1 is 1.14 bits per heavy atom. The summed E-state index contributed by atoms with van der Waals surface area (Å²) in [6.07, 6.45) is -2.43. The van der Waals surface area contributed by atoms with Crippen LogP contribution in [0, 0.1) is 0 Å². The lowest BCUT2D eigenvalue weighted by Gasteiger charge is -2.23. The third-order valence-corrected chi connectivity index (χ3v) is 3.74. The van der Waals surface area contributed by atoms with E-state index < -0.39 is 42.1 Å². The highest BCUT2D eigenvalue weighted by Gasteiger charge is 2.30. The maximum atomic E-state index is 12.4. The van der Waals surface area contributed by atoms with Crippen molar-refractivity contribution < 1.29 is 33.8 Å². The van der Waals surface area contributed by atoms with Crippen molar-refractivity contribution in [3.8, 4) is 0 Å². The molecule has 3 amide bonds. The number of benzene rings is 1. The van der Waals surface area contributed by atoms with E-state index in [-0.39, 0.29) is 19.4 Å². The molecule has 0 saturated heterocycles. The average Bonchev–Trinajstić information content (AvgIpc) is 2.67. The molecule has 1 rings (SSSR count). The SMILES string of the molecule is COC(=O)[C@@H](NC(=O)[C@@H](CCC(N)=O)NC(=O)OCc1ccccc1)[C@@H](C)O. The Morgan fingerprint density at radius 3 is 2.32 bits per heavy atom. The Bertz CT molecular complexity index is 679. The number of ether oxygens (including phenoxy) is 2. The Balaban J connectivity index is 2.74. The summed E-state index contributed by atoms with van der Waals surface area (Å²) >= 11 is 0. The summed E-state index contributed by atoms with van der Waals surface area (Å²) in [5.41, 5.74) is 5.84. The van der Waals surface area contributed by atoms with Gasteiger partial charge in [-0.1, -0.05) is 30.3 Å². The molecule has 0 aliphatic heterocycles. The highest BCUT2D eigenvalue weighted by molar-refractivity contribution is 5.90. The summed E-state index contributed by atoms with van der Waals surface area (Å²) in [5, 5.41) is 14.3. The van der Waals surface area contributed by atoms with E-state index in [1.54, 1.807) is 24.3 Å². The first-order valence-electron chi connectivity index (χ1n) is 8.56. The number of primary amides is 1. The topological polar surface area (TPSA) is 157 Å². The zero-order chi connectivity index (χ0) is 21.1. The molecule has 28 heavy (non-hydrogen) atoms. The molecule has 10 heteroatoms. The molecule has 0 radical (unpaired) electrons. The summed E-state index contributed by atoms with van der Waals surface area (Å²) in [7, 11) is 1.10. The fraction of sp³-hybridized carbons (Fsp3) is 0.444. The van der Waals surface area contributed by atoms with Gasteiger partial charge in [0, 0.05) is 6.42 Å². The lowest BCUT2D eigenvalue weighted by atomic mass is 10.1. The van der Waals surface area contributed by atoms with E-state index in [0.717, 1.165) is 12.7 Å². The number of nitrogens with two attached hydrogens (primary N) is 1. The Morgan fingerprint density at radius 2 is 1.79 bits per heavy atom. The summed E-state index contributed by atoms with van der Waals surface area (Å²) in [5.74, 6) is -2.32. The molecule has 0 saturated carbocycles. The van der Waals surface area contributed by atoms with Crippen LogP contribution in [0.2, 0.25) is 0 Å². The second-order valence-corrected chi connectivity index (χ2v) is 6.01. The van der Waals surface area contributed by atoms with Crippen LogP contribution in [-0.4, -0.2) is 54.3 Å². The molecule has 0 aliphatic carbocycles. The van der Waals surface area contributed by atoms with Crippen LogP contribution >= 0.6 is 0 Å². The van der Waals surface area contributed by atoms with Gasteiger partial charge in [0.15, 0.2) is 6.04 Å². The minimum atomic E-state index is -1.34. The third-order valence-electron chi connectivity index (χ3n) is 3.74. The minimum absolute atomic E-state index is 0.0186. The van der Waals surface area contributed by atoms with E-state index in [0.29, 0.717) is 0 Å². The van der Waals surface area contributed by atoms with Crippen LogP contribution in [0.25, 0.3) is 0 Å². The van der Waals surface area contributed by atoms with Gasteiger partial charge in [-0.25, -0.2) is 9.59 Å². The van der Waals surface area contributed by atoms with Gasteiger partial charge in [-0.15, -0.1) is 0 Å². The van der Waals surface area contributed by atoms with Crippen LogP contribution in [0.3, 0.4) is 0 Å². The fourth-order valence-electron chi connectivity index (χ4n) is 2.22. The van der Waals surface area contributed by atoms with Crippen LogP contribution in [0.15, 0.2) is 30.3 Å². The van der Waals surface area contributed by atoms with Crippen molar-refractivity contribution in [2.75, 3.05) is 7.11 Å². The van der Waals surface area contributed by atoms with E-state index in [1.807, 2.05) is 6.07 Å². The van der Waals surface area contributed by atoms with Crippen LogP contribution in [0.4, 0.5) is 4.79 Å². The first-order valence-corrected chi connectivity index (χ1v) is 8.56. The number of esters is 1. The lowest BCUT2D eigenvalue weighted by Crippen LogP contribution is -2.55. The van der Waals surface area contributed by atoms with Crippen molar-refractivity contribution >= 4 is 23.9 Å². The van der Waals surface area contributed by atoms with Crippen LogP contribution < -0.4 is 16.4 Å². The monoisotopic (exact) mass is 395 g/mol. The number of aliphatic hydroxyl groups excluding tert-OH is 1. The summed E-state index contributed by atoms with van der Waals surface area (Å²) < 4.78 is 9.57. The van der Waals surface area contributed by atoms with Gasteiger partial charge in [0.05, 0.1) is 13.2 Å². The number of nitrogens with one attached hydrogen (secondary N) is 2. The first-order chi connectivity index (χ1) is 13.2. The predicted molar refractivity (Wildman–Crippen MR) is 97.6 cm³/mol. The number of carbonyl (C=O) groups is 4. The Labute approximate surface area is 162 Å². The zero-order valence-electron chi connectivity index (χ0n) is 15.7. The molecule has 0 bridgehead atoms. The Kier molecular flexibility index (Phi) is 9.44. The number of hydrogen-bond acceptors (Lipinski definition) is 7. The van der Waals surface area contributed by atoms with Crippen LogP contribution in [0.5, 0.6) is 0 Å². The number of amides is 3. The molecular weight excluding hydrogens is 370 g/mol. The quantitative estimate of drug-likeness (QED) is 0.392. The molecule has 0 spiro atoms. The normalized spacial score (nSPS) is 13.5. The fourth-order valence-corrected chi connectivity index (χ4v) is 2.22. The highest BCUT2D eigenvalue weighted by atomic mass is 16.5. The van der Waals surface area contributed by atoms with Crippen LogP contribution in [-0.2, 0) is 30.5 Å². The van der Waals surface area contributed by atoms with Gasteiger partial charge < -0.3 is 30.9 Å². The molecule has 0 unspecified atom stereocenters. The molecule has 1 aromatic rings. The maximum Gasteiger partial charge on any atom is 0.408 e. The van der Waals surface area contributed by atoms with E-state index in [2.05, 4.69) is 15.4 Å². The predicted octanol–water partition coefficient (Wildman–Crippen LogP) is -0.414. The van der Waals surface area contributed by atoms with Crippen LogP contribution in [0.1, 0.15) is 25.3 Å². The summed E-state index contributed by atoms with van der Waals surface area (Å²) in [6.45, 7) is 1.27. The van der Waals surface area contributed by atoms with E-state index in [9.17, 15) is 24.3 Å². The average molecular weight is 395 g/mol. The van der Waals surface area contributed by atoms with E-state index >= 15 is 0 Å². The van der Waals surface area contributed by atoms with Crippen molar-refractivity contribution in [3.63, 3.8) is 0 Å². The van der Waals surface area contributed by atoms with Crippen molar-refractivity contribution in [3.05, 3.63) is 35.9 Å². The standard InChI is InChI=1S/C18H25N3O7/c1-11(22)15(17(25)27-2)21-16(24)13(8-9-14(19)23)20-18(26)28-10-12-6-4-3-5-7-12/h3-7,11,13,15,22H,8-10H2,1-2H3,(H2,19,23)(H,20,26)(H,21,24)/t11-,13-,15+/m1/s1. The molecule has 0 aromatic heterocycles. The molecule has 1 aromatic carbocycles. The van der Waals surface area contributed by atoms with Crippen molar-refractivity contribution in [2.24, 2.45) is 5.73 Å². The number of rotatable bonds is 10. The van der Waals surface area contributed by atoms with Gasteiger partial charge in [0.2, 0.25) is 11.8 Å². The molecule has 5 N–H and O–H groups in total. The van der Waals surface area contributed by atoms with Gasteiger partial charge in [-0.2, -0.15) is 0 Å². The molecule has 0 fully saturated rings. The Hall–Kier alpha value is -3.14. The second-order valence-electron chi connectivity index (χ2n) is 6.01. The molecule has 0 aliphatic rings.